The fourth-order valence-corrected chi connectivity index (χ4v) is 1.75. The molecule has 1 heterocycles. The SMILES string of the molecule is CC.COC(=O)c1cc(Cl)nc(-c2ccc(F)cc2)c1F. The van der Waals surface area contributed by atoms with Crippen molar-refractivity contribution < 1.29 is 18.3 Å². The summed E-state index contributed by atoms with van der Waals surface area (Å²) in [4.78, 5) is 15.2. The first-order chi connectivity index (χ1) is 10.0. The van der Waals surface area contributed by atoms with Crippen molar-refractivity contribution in [3.63, 3.8) is 0 Å². The lowest BCUT2D eigenvalue weighted by Crippen LogP contribution is -2.07. The summed E-state index contributed by atoms with van der Waals surface area (Å²) in [6, 6.07) is 6.09. The number of esters is 1. The van der Waals surface area contributed by atoms with E-state index in [0.717, 1.165) is 25.3 Å². The minimum Gasteiger partial charge on any atom is -0.465 e. The van der Waals surface area contributed by atoms with Crippen molar-refractivity contribution in [1.29, 1.82) is 0 Å². The van der Waals surface area contributed by atoms with Crippen LogP contribution in [0.5, 0.6) is 0 Å². The Morgan fingerprint density at radius 3 is 2.29 bits per heavy atom. The van der Waals surface area contributed by atoms with Crippen LogP contribution in [-0.2, 0) is 4.74 Å². The Labute approximate surface area is 126 Å². The molecule has 0 aliphatic carbocycles. The fraction of sp³-hybridized carbons (Fsp3) is 0.200. The zero-order chi connectivity index (χ0) is 16.0. The Bertz CT molecular complexity index is 630. The molecule has 0 N–H and O–H groups in total. The van der Waals surface area contributed by atoms with Crippen LogP contribution in [0.15, 0.2) is 30.3 Å². The molecule has 21 heavy (non-hydrogen) atoms. The van der Waals surface area contributed by atoms with Gasteiger partial charge in [0.25, 0.3) is 0 Å². The standard InChI is InChI=1S/C13H8ClF2NO2.C2H6/c1-19-13(18)9-6-10(14)17-12(11(9)16)7-2-4-8(15)5-3-7;1-2/h2-6H,1H3;1-2H3. The number of ether oxygens (including phenoxy) is 1. The molecule has 0 amide bonds. The molecule has 0 saturated carbocycles. The van der Waals surface area contributed by atoms with Gasteiger partial charge in [-0.25, -0.2) is 18.6 Å². The maximum Gasteiger partial charge on any atom is 0.341 e. The zero-order valence-electron chi connectivity index (χ0n) is 11.8. The van der Waals surface area contributed by atoms with Gasteiger partial charge in [0.1, 0.15) is 22.2 Å². The normalized spacial score (nSPS) is 9.62. The summed E-state index contributed by atoms with van der Waals surface area (Å²) in [5.41, 5.74) is -0.138. The van der Waals surface area contributed by atoms with Gasteiger partial charge in [-0.05, 0) is 30.3 Å². The number of halogens is 3. The Kier molecular flexibility index (Phi) is 6.24. The van der Waals surface area contributed by atoms with E-state index in [1.54, 1.807) is 0 Å². The van der Waals surface area contributed by atoms with Gasteiger partial charge in [-0.1, -0.05) is 25.4 Å². The van der Waals surface area contributed by atoms with Gasteiger partial charge in [0.05, 0.1) is 7.11 Å². The Balaban J connectivity index is 0.00000106. The topological polar surface area (TPSA) is 39.2 Å². The number of carbonyl (C=O) groups is 1. The van der Waals surface area contributed by atoms with Gasteiger partial charge in [-0.3, -0.25) is 0 Å². The van der Waals surface area contributed by atoms with Crippen molar-refractivity contribution in [3.05, 3.63) is 52.7 Å². The highest BCUT2D eigenvalue weighted by Gasteiger charge is 2.19. The van der Waals surface area contributed by atoms with Crippen molar-refractivity contribution in [3.8, 4) is 11.3 Å². The van der Waals surface area contributed by atoms with Crippen molar-refractivity contribution in [2.75, 3.05) is 7.11 Å². The summed E-state index contributed by atoms with van der Waals surface area (Å²) in [6.45, 7) is 4.00. The van der Waals surface area contributed by atoms with E-state index >= 15 is 0 Å². The third-order valence-electron chi connectivity index (χ3n) is 2.45. The Hall–Kier alpha value is -2.01. The Morgan fingerprint density at radius 2 is 1.76 bits per heavy atom. The van der Waals surface area contributed by atoms with Crippen LogP contribution in [0.25, 0.3) is 11.3 Å². The summed E-state index contributed by atoms with van der Waals surface area (Å²) >= 11 is 5.74. The molecule has 6 heteroatoms. The molecule has 0 saturated heterocycles. The second-order valence-electron chi connectivity index (χ2n) is 3.65. The van der Waals surface area contributed by atoms with Crippen LogP contribution < -0.4 is 0 Å². The third-order valence-corrected chi connectivity index (χ3v) is 2.64. The molecule has 0 spiro atoms. The lowest BCUT2D eigenvalue weighted by Gasteiger charge is -2.07. The van der Waals surface area contributed by atoms with E-state index in [0.29, 0.717) is 5.56 Å². The van der Waals surface area contributed by atoms with E-state index < -0.39 is 17.6 Å². The monoisotopic (exact) mass is 313 g/mol. The molecule has 0 fully saturated rings. The predicted molar refractivity (Wildman–Crippen MR) is 77.3 cm³/mol. The minimum absolute atomic E-state index is 0.0545. The average Bonchev–Trinajstić information content (AvgIpc) is 2.51. The van der Waals surface area contributed by atoms with Crippen molar-refractivity contribution in [2.24, 2.45) is 0 Å². The largest absolute Gasteiger partial charge is 0.465 e. The maximum atomic E-state index is 14.2. The third kappa shape index (κ3) is 3.98. The molecule has 2 aromatic rings. The van der Waals surface area contributed by atoms with E-state index in [4.69, 9.17) is 11.6 Å². The van der Waals surface area contributed by atoms with Crippen molar-refractivity contribution >= 4 is 17.6 Å². The molecular formula is C15H14ClF2NO2. The van der Waals surface area contributed by atoms with Crippen LogP contribution >= 0.6 is 11.6 Å². The molecule has 112 valence electrons. The van der Waals surface area contributed by atoms with Gasteiger partial charge in [-0.15, -0.1) is 0 Å². The highest BCUT2D eigenvalue weighted by Crippen LogP contribution is 2.26. The summed E-state index contributed by atoms with van der Waals surface area (Å²) in [5.74, 6) is -2.17. The summed E-state index contributed by atoms with van der Waals surface area (Å²) < 4.78 is 31.4. The zero-order valence-corrected chi connectivity index (χ0v) is 12.5. The van der Waals surface area contributed by atoms with Gasteiger partial charge >= 0.3 is 5.97 Å². The Morgan fingerprint density at radius 1 is 1.19 bits per heavy atom. The molecule has 1 aromatic carbocycles. The van der Waals surface area contributed by atoms with Gasteiger partial charge in [0.15, 0.2) is 5.82 Å². The number of methoxy groups -OCH3 is 1. The molecule has 0 bridgehead atoms. The number of nitrogens with zero attached hydrogens (tertiary/aromatic N) is 1. The molecule has 0 atom stereocenters. The highest BCUT2D eigenvalue weighted by molar-refractivity contribution is 6.29. The van der Waals surface area contributed by atoms with Gasteiger partial charge in [0, 0.05) is 5.56 Å². The van der Waals surface area contributed by atoms with Crippen molar-refractivity contribution in [1.82, 2.24) is 4.98 Å². The van der Waals surface area contributed by atoms with Gasteiger partial charge in [-0.2, -0.15) is 0 Å². The molecule has 3 nitrogen and oxygen atoms in total. The summed E-state index contributed by atoms with van der Waals surface area (Å²) in [5, 5.41) is -0.0545. The van der Waals surface area contributed by atoms with E-state index in [2.05, 4.69) is 9.72 Å². The quantitative estimate of drug-likeness (QED) is 0.605. The lowest BCUT2D eigenvalue weighted by atomic mass is 10.1. The number of rotatable bonds is 2. The fourth-order valence-electron chi connectivity index (χ4n) is 1.56. The van der Waals surface area contributed by atoms with E-state index in [1.807, 2.05) is 13.8 Å². The average molecular weight is 314 g/mol. The molecule has 0 aliphatic heterocycles. The molecule has 1 aromatic heterocycles. The van der Waals surface area contributed by atoms with Crippen LogP contribution in [0, 0.1) is 11.6 Å². The van der Waals surface area contributed by atoms with Gasteiger partial charge < -0.3 is 4.74 Å². The van der Waals surface area contributed by atoms with Crippen LogP contribution in [0.1, 0.15) is 24.2 Å². The van der Waals surface area contributed by atoms with Crippen LogP contribution in [-0.4, -0.2) is 18.1 Å². The highest BCUT2D eigenvalue weighted by atomic mass is 35.5. The van der Waals surface area contributed by atoms with Gasteiger partial charge in [0.2, 0.25) is 0 Å². The molecule has 0 radical (unpaired) electrons. The molecule has 2 rings (SSSR count). The van der Waals surface area contributed by atoms with Crippen LogP contribution in [0.3, 0.4) is 0 Å². The van der Waals surface area contributed by atoms with E-state index in [9.17, 15) is 13.6 Å². The number of hydrogen-bond acceptors (Lipinski definition) is 3. The number of carbonyl (C=O) groups excluding carboxylic acids is 1. The second-order valence-corrected chi connectivity index (χ2v) is 4.04. The number of benzene rings is 1. The maximum absolute atomic E-state index is 14.2. The first-order valence-corrected chi connectivity index (χ1v) is 6.61. The summed E-state index contributed by atoms with van der Waals surface area (Å²) in [7, 11) is 1.13. The van der Waals surface area contributed by atoms with Crippen molar-refractivity contribution in [2.45, 2.75) is 13.8 Å². The van der Waals surface area contributed by atoms with E-state index in [-0.39, 0.29) is 16.4 Å². The lowest BCUT2D eigenvalue weighted by molar-refractivity contribution is 0.0595. The van der Waals surface area contributed by atoms with E-state index in [1.165, 1.54) is 12.1 Å². The number of pyridine rings is 1. The number of hydrogen-bond donors (Lipinski definition) is 0. The van der Waals surface area contributed by atoms with Crippen LogP contribution in [0.2, 0.25) is 5.15 Å². The minimum atomic E-state index is -0.858. The van der Waals surface area contributed by atoms with Crippen LogP contribution in [0.4, 0.5) is 8.78 Å². The predicted octanol–water partition coefficient (Wildman–Crippen LogP) is 4.49. The summed E-state index contributed by atoms with van der Waals surface area (Å²) in [6.07, 6.45) is 0. The number of aromatic nitrogens is 1. The molecule has 0 aliphatic rings. The smallest absolute Gasteiger partial charge is 0.341 e. The molecular weight excluding hydrogens is 300 g/mol. The first kappa shape index (κ1) is 17.0. The molecule has 0 unspecified atom stereocenters. The second kappa shape index (κ2) is 7.69. The first-order valence-electron chi connectivity index (χ1n) is 6.23.